The lowest BCUT2D eigenvalue weighted by Gasteiger charge is -2.06. The molecule has 0 atom stereocenters. The predicted molar refractivity (Wildman–Crippen MR) is 141 cm³/mol. The van der Waals surface area contributed by atoms with Crippen molar-refractivity contribution in [2.45, 2.75) is 0 Å². The normalized spacial score (nSPS) is 10.6. The zero-order chi connectivity index (χ0) is 23.3. The van der Waals surface area contributed by atoms with Crippen LogP contribution in [0.15, 0.2) is 83.6 Å². The standard InChI is InChI=1S/C26H22N4O2S2/c1-31-21-11-3-17(4-12-21)23-15-33-25(29-23)27-19-7-9-20(10-8-19)28-26-30-24(16-34-26)18-5-13-22(32-2)14-6-18/h3-16H,1-2H3,(H,27,29)(H,28,30). The Bertz CT molecular complexity index is 1250. The molecular formula is C26H22N4O2S2. The summed E-state index contributed by atoms with van der Waals surface area (Å²) in [4.78, 5) is 9.40. The minimum Gasteiger partial charge on any atom is -0.497 e. The zero-order valence-electron chi connectivity index (χ0n) is 18.6. The molecule has 0 aliphatic rings. The SMILES string of the molecule is COc1ccc(-c2csc(Nc3ccc(Nc4nc(-c5ccc(OC)cc5)cs4)cc3)n2)cc1. The van der Waals surface area contributed by atoms with Gasteiger partial charge in [-0.3, -0.25) is 0 Å². The third-order valence-electron chi connectivity index (χ3n) is 5.17. The number of thiazole rings is 2. The summed E-state index contributed by atoms with van der Waals surface area (Å²) in [5, 5.41) is 12.5. The number of nitrogens with one attached hydrogen (secondary N) is 2. The molecule has 5 rings (SSSR count). The van der Waals surface area contributed by atoms with Gasteiger partial charge in [-0.1, -0.05) is 0 Å². The fourth-order valence-corrected chi connectivity index (χ4v) is 4.81. The Balaban J connectivity index is 1.21. The topological polar surface area (TPSA) is 68.3 Å². The lowest BCUT2D eigenvalue weighted by Crippen LogP contribution is -1.92. The summed E-state index contributed by atoms with van der Waals surface area (Å²) in [6.07, 6.45) is 0. The predicted octanol–water partition coefficient (Wildman–Crippen LogP) is 7.44. The first-order valence-electron chi connectivity index (χ1n) is 10.5. The summed E-state index contributed by atoms with van der Waals surface area (Å²) in [5.41, 5.74) is 5.93. The minimum atomic E-state index is 0.834. The first kappa shape index (κ1) is 21.9. The molecule has 3 aromatic carbocycles. The van der Waals surface area contributed by atoms with Gasteiger partial charge < -0.3 is 20.1 Å². The molecule has 0 spiro atoms. The van der Waals surface area contributed by atoms with E-state index in [4.69, 9.17) is 19.4 Å². The van der Waals surface area contributed by atoms with E-state index in [0.29, 0.717) is 0 Å². The molecule has 2 heterocycles. The van der Waals surface area contributed by atoms with Gasteiger partial charge in [0.15, 0.2) is 10.3 Å². The van der Waals surface area contributed by atoms with Gasteiger partial charge >= 0.3 is 0 Å². The summed E-state index contributed by atoms with van der Waals surface area (Å²) in [5.74, 6) is 1.67. The molecule has 5 aromatic rings. The lowest BCUT2D eigenvalue weighted by molar-refractivity contribution is 0.415. The van der Waals surface area contributed by atoms with Gasteiger partial charge in [0.1, 0.15) is 11.5 Å². The molecule has 0 amide bonds. The van der Waals surface area contributed by atoms with Crippen molar-refractivity contribution in [3.05, 3.63) is 83.6 Å². The molecular weight excluding hydrogens is 464 g/mol. The number of hydrogen-bond donors (Lipinski definition) is 2. The summed E-state index contributed by atoms with van der Waals surface area (Å²) in [7, 11) is 3.33. The average Bonchev–Trinajstić information content (AvgIpc) is 3.55. The Morgan fingerprint density at radius 1 is 0.559 bits per heavy atom. The van der Waals surface area contributed by atoms with Gasteiger partial charge in [0, 0.05) is 33.3 Å². The fourth-order valence-electron chi connectivity index (χ4n) is 3.33. The van der Waals surface area contributed by atoms with Crippen molar-refractivity contribution < 1.29 is 9.47 Å². The maximum atomic E-state index is 5.22. The largest absolute Gasteiger partial charge is 0.497 e. The number of aromatic nitrogens is 2. The lowest BCUT2D eigenvalue weighted by atomic mass is 10.2. The molecule has 0 bridgehead atoms. The Morgan fingerprint density at radius 3 is 1.29 bits per heavy atom. The molecule has 170 valence electrons. The van der Waals surface area contributed by atoms with E-state index in [-0.39, 0.29) is 0 Å². The molecule has 0 aliphatic heterocycles. The molecule has 0 saturated carbocycles. The molecule has 2 aromatic heterocycles. The highest BCUT2D eigenvalue weighted by Gasteiger charge is 2.07. The van der Waals surface area contributed by atoms with Crippen LogP contribution in [0.3, 0.4) is 0 Å². The highest BCUT2D eigenvalue weighted by atomic mass is 32.1. The van der Waals surface area contributed by atoms with Crippen LogP contribution in [-0.4, -0.2) is 24.2 Å². The number of rotatable bonds is 8. The summed E-state index contributed by atoms with van der Waals surface area (Å²) in [6, 6.07) is 23.9. The first-order valence-corrected chi connectivity index (χ1v) is 12.3. The highest BCUT2D eigenvalue weighted by Crippen LogP contribution is 2.31. The van der Waals surface area contributed by atoms with Crippen LogP contribution in [-0.2, 0) is 0 Å². The van der Waals surface area contributed by atoms with E-state index in [1.165, 1.54) is 0 Å². The summed E-state index contributed by atoms with van der Waals surface area (Å²) in [6.45, 7) is 0. The average molecular weight is 487 g/mol. The Hall–Kier alpha value is -3.88. The number of ether oxygens (including phenoxy) is 2. The molecule has 8 heteroatoms. The Morgan fingerprint density at radius 2 is 0.941 bits per heavy atom. The van der Waals surface area contributed by atoms with Crippen molar-refractivity contribution in [2.75, 3.05) is 24.9 Å². The van der Waals surface area contributed by atoms with Crippen molar-refractivity contribution in [1.82, 2.24) is 9.97 Å². The van der Waals surface area contributed by atoms with Crippen LogP contribution in [0.5, 0.6) is 11.5 Å². The molecule has 0 unspecified atom stereocenters. The number of hydrogen-bond acceptors (Lipinski definition) is 8. The molecule has 0 fully saturated rings. The second-order valence-corrected chi connectivity index (χ2v) is 9.08. The molecule has 6 nitrogen and oxygen atoms in total. The number of benzene rings is 3. The number of methoxy groups -OCH3 is 2. The van der Waals surface area contributed by atoms with Gasteiger partial charge in [-0.15, -0.1) is 22.7 Å². The van der Waals surface area contributed by atoms with Crippen LogP contribution in [0.4, 0.5) is 21.6 Å². The minimum absolute atomic E-state index is 0.834. The van der Waals surface area contributed by atoms with Crippen molar-refractivity contribution in [3.8, 4) is 34.0 Å². The number of anilines is 4. The summed E-state index contributed by atoms with van der Waals surface area (Å²) < 4.78 is 10.4. The second kappa shape index (κ2) is 9.94. The molecule has 0 saturated heterocycles. The van der Waals surface area contributed by atoms with E-state index in [2.05, 4.69) is 10.6 Å². The molecule has 0 aliphatic carbocycles. The zero-order valence-corrected chi connectivity index (χ0v) is 20.2. The first-order chi connectivity index (χ1) is 16.7. The Kier molecular flexibility index (Phi) is 6.42. The van der Waals surface area contributed by atoms with Crippen molar-refractivity contribution in [1.29, 1.82) is 0 Å². The highest BCUT2D eigenvalue weighted by molar-refractivity contribution is 7.14. The van der Waals surface area contributed by atoms with Gasteiger partial charge in [-0.05, 0) is 72.8 Å². The van der Waals surface area contributed by atoms with Gasteiger partial charge in [0.25, 0.3) is 0 Å². The van der Waals surface area contributed by atoms with Gasteiger partial charge in [-0.25, -0.2) is 9.97 Å². The van der Waals surface area contributed by atoms with Crippen LogP contribution in [0.25, 0.3) is 22.5 Å². The van der Waals surface area contributed by atoms with Gasteiger partial charge in [0.2, 0.25) is 0 Å². The van der Waals surface area contributed by atoms with Crippen molar-refractivity contribution in [2.24, 2.45) is 0 Å². The van der Waals surface area contributed by atoms with Crippen LogP contribution in [0.1, 0.15) is 0 Å². The van der Waals surface area contributed by atoms with Crippen LogP contribution >= 0.6 is 22.7 Å². The summed E-state index contributed by atoms with van der Waals surface area (Å²) >= 11 is 3.15. The second-order valence-electron chi connectivity index (χ2n) is 7.36. The van der Waals surface area contributed by atoms with E-state index in [9.17, 15) is 0 Å². The maximum Gasteiger partial charge on any atom is 0.187 e. The van der Waals surface area contributed by atoms with E-state index in [0.717, 1.165) is 55.7 Å². The van der Waals surface area contributed by atoms with Gasteiger partial charge in [0.05, 0.1) is 25.6 Å². The third kappa shape index (κ3) is 5.03. The van der Waals surface area contributed by atoms with Crippen LogP contribution < -0.4 is 20.1 Å². The maximum absolute atomic E-state index is 5.22. The number of nitrogens with zero attached hydrogens (tertiary/aromatic N) is 2. The Labute approximate surface area is 205 Å². The third-order valence-corrected chi connectivity index (χ3v) is 6.68. The van der Waals surface area contributed by atoms with Crippen molar-refractivity contribution in [3.63, 3.8) is 0 Å². The molecule has 34 heavy (non-hydrogen) atoms. The van der Waals surface area contributed by atoms with Crippen LogP contribution in [0.2, 0.25) is 0 Å². The fraction of sp³-hybridized carbons (Fsp3) is 0.0769. The smallest absolute Gasteiger partial charge is 0.187 e. The van der Waals surface area contributed by atoms with Gasteiger partial charge in [-0.2, -0.15) is 0 Å². The quantitative estimate of drug-likeness (QED) is 0.238. The molecule has 0 radical (unpaired) electrons. The van der Waals surface area contributed by atoms with E-state index < -0.39 is 0 Å². The van der Waals surface area contributed by atoms with E-state index in [1.54, 1.807) is 36.9 Å². The van der Waals surface area contributed by atoms with E-state index in [1.807, 2.05) is 83.6 Å². The van der Waals surface area contributed by atoms with Crippen LogP contribution in [0, 0.1) is 0 Å². The monoisotopic (exact) mass is 486 g/mol. The van der Waals surface area contributed by atoms with E-state index >= 15 is 0 Å². The molecule has 2 N–H and O–H groups in total. The van der Waals surface area contributed by atoms with Crippen molar-refractivity contribution >= 4 is 44.3 Å².